The van der Waals surface area contributed by atoms with Gasteiger partial charge in [0.25, 0.3) is 11.5 Å². The number of benzene rings is 2. The lowest BCUT2D eigenvalue weighted by Gasteiger charge is -2.14. The Morgan fingerprint density at radius 2 is 1.90 bits per heavy atom. The number of nitrogens with zero attached hydrogens (tertiary/aromatic N) is 4. The Morgan fingerprint density at radius 3 is 2.60 bits per heavy atom. The van der Waals surface area contributed by atoms with E-state index in [0.717, 1.165) is 35.9 Å². The number of rotatable bonds is 9. The van der Waals surface area contributed by atoms with E-state index in [2.05, 4.69) is 25.5 Å². The number of alkyl halides is 3. The molecule has 210 valence electrons. The van der Waals surface area contributed by atoms with E-state index in [1.165, 1.54) is 31.4 Å². The van der Waals surface area contributed by atoms with Crippen LogP contribution >= 0.6 is 11.6 Å². The van der Waals surface area contributed by atoms with E-state index >= 15 is 0 Å². The normalized spacial score (nSPS) is 11.6. The fourth-order valence-corrected chi connectivity index (χ4v) is 4.18. The zero-order valence-corrected chi connectivity index (χ0v) is 22.6. The van der Waals surface area contributed by atoms with Gasteiger partial charge >= 0.3 is 6.18 Å². The fraction of sp³-hybridized carbons (Fsp3) is 0.259. The molecule has 0 atom stereocenters. The number of nitrogens with one attached hydrogen (secondary N) is 2. The molecule has 2 N–H and O–H groups in total. The second-order valence-electron chi connectivity index (χ2n) is 9.12. The number of aromatic nitrogens is 3. The number of carbonyl (C=O) groups is 1. The number of hydrogen-bond acceptors (Lipinski definition) is 7. The van der Waals surface area contributed by atoms with Crippen LogP contribution in [-0.4, -0.2) is 59.8 Å². The lowest BCUT2D eigenvalue weighted by molar-refractivity contribution is -0.137. The standard InChI is InChI=1S/C27H26ClF3N6O3/c1-36(2)11-5-10-32-26-33-15-17-13-21(25(39)37(40-3)23(17)35-26)20-14-19(8-9-22(20)28)34-24(38)16-6-4-7-18(12-16)27(29,30)31/h4,6-9,12-15H,5,10-11H2,1-3H3,(H,34,38)(H,32,33,35). The number of anilines is 2. The third-order valence-corrected chi connectivity index (χ3v) is 6.25. The molecule has 0 fully saturated rings. The predicted molar refractivity (Wildman–Crippen MR) is 148 cm³/mol. The van der Waals surface area contributed by atoms with Gasteiger partial charge in [0.1, 0.15) is 7.11 Å². The fourth-order valence-electron chi connectivity index (χ4n) is 3.96. The van der Waals surface area contributed by atoms with E-state index in [1.807, 2.05) is 14.1 Å². The van der Waals surface area contributed by atoms with E-state index in [0.29, 0.717) is 17.9 Å². The summed E-state index contributed by atoms with van der Waals surface area (Å²) in [7, 11) is 5.28. The van der Waals surface area contributed by atoms with E-state index in [4.69, 9.17) is 16.4 Å². The first-order valence-electron chi connectivity index (χ1n) is 12.1. The highest BCUT2D eigenvalue weighted by Crippen LogP contribution is 2.32. The first kappa shape index (κ1) is 28.8. The maximum atomic E-state index is 13.4. The van der Waals surface area contributed by atoms with Crippen LogP contribution in [0.3, 0.4) is 0 Å². The van der Waals surface area contributed by atoms with Gasteiger partial charge in [0, 0.05) is 40.0 Å². The van der Waals surface area contributed by atoms with Crippen molar-refractivity contribution >= 4 is 40.2 Å². The summed E-state index contributed by atoms with van der Waals surface area (Å²) in [4.78, 5) is 42.3. The van der Waals surface area contributed by atoms with E-state index in [1.54, 1.807) is 12.3 Å². The molecule has 0 unspecified atom stereocenters. The van der Waals surface area contributed by atoms with Crippen LogP contribution < -0.4 is 21.0 Å². The number of amides is 1. The molecule has 2 heterocycles. The highest BCUT2D eigenvalue weighted by Gasteiger charge is 2.31. The van der Waals surface area contributed by atoms with Gasteiger partial charge < -0.3 is 20.4 Å². The van der Waals surface area contributed by atoms with Crippen LogP contribution in [0.4, 0.5) is 24.8 Å². The molecule has 0 saturated carbocycles. The first-order chi connectivity index (χ1) is 19.0. The van der Waals surface area contributed by atoms with Gasteiger partial charge in [-0.2, -0.15) is 18.2 Å². The predicted octanol–water partition coefficient (Wildman–Crippen LogP) is 4.81. The maximum Gasteiger partial charge on any atom is 0.416 e. The van der Waals surface area contributed by atoms with E-state index < -0.39 is 23.2 Å². The maximum absolute atomic E-state index is 13.4. The molecule has 0 bridgehead atoms. The molecular formula is C27H26ClF3N6O3. The lowest BCUT2D eigenvalue weighted by atomic mass is 10.0. The van der Waals surface area contributed by atoms with Crippen molar-refractivity contribution in [2.75, 3.05) is 44.9 Å². The molecule has 40 heavy (non-hydrogen) atoms. The average molecular weight is 575 g/mol. The average Bonchev–Trinajstić information content (AvgIpc) is 2.91. The highest BCUT2D eigenvalue weighted by molar-refractivity contribution is 6.33. The van der Waals surface area contributed by atoms with Gasteiger partial charge in [-0.3, -0.25) is 9.59 Å². The summed E-state index contributed by atoms with van der Waals surface area (Å²) < 4.78 is 40.2. The molecule has 0 radical (unpaired) electrons. The molecule has 13 heteroatoms. The van der Waals surface area contributed by atoms with Crippen molar-refractivity contribution in [2.24, 2.45) is 0 Å². The summed E-state index contributed by atoms with van der Waals surface area (Å²) in [5, 5.41) is 6.38. The second kappa shape index (κ2) is 11.9. The van der Waals surface area contributed by atoms with Crippen molar-refractivity contribution in [3.63, 3.8) is 0 Å². The molecule has 4 rings (SSSR count). The number of fused-ring (bicyclic) bond motifs is 1. The largest absolute Gasteiger partial charge is 0.416 e. The van der Waals surface area contributed by atoms with Crippen LogP contribution in [0.5, 0.6) is 0 Å². The molecule has 0 saturated heterocycles. The Labute approximate surface area is 232 Å². The van der Waals surface area contributed by atoms with Gasteiger partial charge in [-0.15, -0.1) is 4.73 Å². The Hall–Kier alpha value is -4.16. The van der Waals surface area contributed by atoms with Crippen LogP contribution in [-0.2, 0) is 6.18 Å². The van der Waals surface area contributed by atoms with Crippen LogP contribution in [0.15, 0.2) is 59.5 Å². The van der Waals surface area contributed by atoms with Gasteiger partial charge in [0.15, 0.2) is 5.65 Å². The summed E-state index contributed by atoms with van der Waals surface area (Å²) in [5.74, 6) is -0.423. The van der Waals surface area contributed by atoms with Gasteiger partial charge in [-0.1, -0.05) is 17.7 Å². The molecule has 4 aromatic rings. The minimum absolute atomic E-state index is 0.143. The summed E-state index contributed by atoms with van der Waals surface area (Å²) >= 11 is 6.42. The molecule has 0 aliphatic rings. The third-order valence-electron chi connectivity index (χ3n) is 5.92. The Morgan fingerprint density at radius 1 is 1.12 bits per heavy atom. The number of carbonyl (C=O) groups excluding carboxylic acids is 1. The molecule has 0 aliphatic heterocycles. The van der Waals surface area contributed by atoms with Crippen molar-refractivity contribution in [1.29, 1.82) is 0 Å². The first-order valence-corrected chi connectivity index (χ1v) is 12.5. The van der Waals surface area contributed by atoms with E-state index in [9.17, 15) is 22.8 Å². The number of hydrogen-bond donors (Lipinski definition) is 2. The van der Waals surface area contributed by atoms with Gasteiger partial charge in [-0.25, -0.2) is 4.98 Å². The highest BCUT2D eigenvalue weighted by atomic mass is 35.5. The van der Waals surface area contributed by atoms with Gasteiger partial charge in [0.2, 0.25) is 5.95 Å². The minimum Gasteiger partial charge on any atom is -0.412 e. The smallest absolute Gasteiger partial charge is 0.412 e. The summed E-state index contributed by atoms with van der Waals surface area (Å²) in [6.45, 7) is 1.51. The van der Waals surface area contributed by atoms with Crippen molar-refractivity contribution in [1.82, 2.24) is 19.6 Å². The lowest BCUT2D eigenvalue weighted by Crippen LogP contribution is -2.27. The number of pyridine rings is 1. The summed E-state index contributed by atoms with van der Waals surface area (Å²) in [6.07, 6.45) is -2.18. The van der Waals surface area contributed by atoms with Crippen LogP contribution in [0, 0.1) is 0 Å². The molecule has 0 spiro atoms. The minimum atomic E-state index is -4.59. The van der Waals surface area contributed by atoms with Crippen molar-refractivity contribution in [3.8, 4) is 11.1 Å². The number of halogens is 4. The van der Waals surface area contributed by atoms with Crippen molar-refractivity contribution < 1.29 is 22.8 Å². The third kappa shape index (κ3) is 6.52. The molecule has 2 aromatic carbocycles. The topological polar surface area (TPSA) is 101 Å². The van der Waals surface area contributed by atoms with E-state index in [-0.39, 0.29) is 33.0 Å². The second-order valence-corrected chi connectivity index (χ2v) is 9.53. The molecule has 0 aliphatic carbocycles. The summed E-state index contributed by atoms with van der Waals surface area (Å²) in [6, 6.07) is 10.0. The van der Waals surface area contributed by atoms with Gasteiger partial charge in [-0.05, 0) is 69.5 Å². The Balaban J connectivity index is 1.65. The SMILES string of the molecule is COn1c(=O)c(-c2cc(NC(=O)c3cccc(C(F)(F)F)c3)ccc2Cl)cc2cnc(NCCCN(C)C)nc21. The zero-order valence-electron chi connectivity index (χ0n) is 21.8. The Bertz CT molecular complexity index is 1610. The molecule has 1 amide bonds. The van der Waals surface area contributed by atoms with Crippen molar-refractivity contribution in [2.45, 2.75) is 12.6 Å². The molecule has 9 nitrogen and oxygen atoms in total. The monoisotopic (exact) mass is 574 g/mol. The van der Waals surface area contributed by atoms with Gasteiger partial charge in [0.05, 0.1) is 11.1 Å². The molecule has 2 aromatic heterocycles. The summed E-state index contributed by atoms with van der Waals surface area (Å²) in [5.41, 5.74) is -0.804. The quantitative estimate of drug-likeness (QED) is 0.277. The van der Waals surface area contributed by atoms with Crippen LogP contribution in [0.2, 0.25) is 5.02 Å². The van der Waals surface area contributed by atoms with Crippen LogP contribution in [0.1, 0.15) is 22.3 Å². The van der Waals surface area contributed by atoms with Crippen molar-refractivity contribution in [3.05, 3.63) is 81.2 Å². The molecular weight excluding hydrogens is 549 g/mol. The zero-order chi connectivity index (χ0) is 29.0. The Kier molecular flexibility index (Phi) is 8.60. The van der Waals surface area contributed by atoms with Crippen LogP contribution in [0.25, 0.3) is 22.2 Å².